The average molecular weight is 474 g/mol. The summed E-state index contributed by atoms with van der Waals surface area (Å²) in [5, 5.41) is 5.66. The van der Waals surface area contributed by atoms with Crippen LogP contribution in [-0.2, 0) is 22.7 Å². The molecule has 8 N–H and O–H groups in total. The van der Waals surface area contributed by atoms with Gasteiger partial charge in [-0.1, -0.05) is 11.2 Å². The molecule has 1 amide bonds. The number of aromatic nitrogens is 1. The Labute approximate surface area is 195 Å². The third-order valence-corrected chi connectivity index (χ3v) is 5.32. The largest absolute Gasteiger partial charge is 0.490 e. The zero-order valence-corrected chi connectivity index (χ0v) is 18.8. The molecule has 0 unspecified atom stereocenters. The molecule has 1 aliphatic rings. The first-order valence-corrected chi connectivity index (χ1v) is 11.1. The van der Waals surface area contributed by atoms with Gasteiger partial charge in [0, 0.05) is 31.6 Å². The maximum absolute atomic E-state index is 11.5. The summed E-state index contributed by atoms with van der Waals surface area (Å²) in [5.41, 5.74) is 24.7. The summed E-state index contributed by atoms with van der Waals surface area (Å²) < 4.78 is 5.73. The molecule has 13 heteroatoms. The minimum Gasteiger partial charge on any atom is -0.490 e. The smallest absolute Gasteiger partial charge is 0.273 e. The van der Waals surface area contributed by atoms with Crippen molar-refractivity contribution in [2.45, 2.75) is 19.5 Å². The first kappa shape index (κ1) is 23.8. The fourth-order valence-corrected chi connectivity index (χ4v) is 3.62. The lowest BCUT2D eigenvalue weighted by molar-refractivity contribution is -0.112. The number of ether oxygens (including phenoxy) is 1. The number of nitrogens with two attached hydrogens (primary N) is 4. The predicted octanol–water partition coefficient (Wildman–Crippen LogP) is 0.0177. The molecule has 1 aromatic carbocycles. The minimum atomic E-state index is -0.753. The SMILES string of the molecule is NC=NCCCN=C(N)N1Cc2ccc(OCCO/N=C(\C(N)=O)c3csc(N)n3)cc2C1. The summed E-state index contributed by atoms with van der Waals surface area (Å²) in [4.78, 5) is 31.1. The van der Waals surface area contributed by atoms with E-state index in [2.05, 4.69) is 20.1 Å². The normalized spacial score (nSPS) is 14.0. The van der Waals surface area contributed by atoms with Crippen LogP contribution in [0, 0.1) is 0 Å². The van der Waals surface area contributed by atoms with E-state index in [0.717, 1.165) is 12.0 Å². The fraction of sp³-hybridized carbons (Fsp3) is 0.350. The second-order valence-corrected chi connectivity index (χ2v) is 7.88. The third kappa shape index (κ3) is 6.80. The van der Waals surface area contributed by atoms with Crippen LogP contribution in [-0.4, -0.2) is 60.1 Å². The number of hydrogen-bond donors (Lipinski definition) is 4. The van der Waals surface area contributed by atoms with Crippen LogP contribution >= 0.6 is 11.3 Å². The van der Waals surface area contributed by atoms with Gasteiger partial charge >= 0.3 is 0 Å². The summed E-state index contributed by atoms with van der Waals surface area (Å²) in [6.45, 7) is 2.93. The highest BCUT2D eigenvalue weighted by molar-refractivity contribution is 7.13. The Morgan fingerprint density at radius 1 is 1.21 bits per heavy atom. The number of nitrogens with zero attached hydrogens (tertiary/aromatic N) is 5. The summed E-state index contributed by atoms with van der Waals surface area (Å²) in [6, 6.07) is 5.86. The van der Waals surface area contributed by atoms with E-state index in [-0.39, 0.29) is 24.6 Å². The predicted molar refractivity (Wildman–Crippen MR) is 128 cm³/mol. The number of fused-ring (bicyclic) bond motifs is 1. The quantitative estimate of drug-likeness (QED) is 0.152. The van der Waals surface area contributed by atoms with Gasteiger partial charge in [-0.2, -0.15) is 0 Å². The number of carbonyl (C=O) groups excluding carboxylic acids is 1. The Balaban J connectivity index is 1.46. The van der Waals surface area contributed by atoms with Crippen LogP contribution in [0.5, 0.6) is 5.75 Å². The number of amides is 1. The highest BCUT2D eigenvalue weighted by atomic mass is 32.1. The molecule has 0 saturated heterocycles. The number of oxime groups is 1. The number of rotatable bonds is 11. The van der Waals surface area contributed by atoms with E-state index in [1.165, 1.54) is 23.2 Å². The molecule has 12 nitrogen and oxygen atoms in total. The molecule has 0 spiro atoms. The van der Waals surface area contributed by atoms with Gasteiger partial charge in [0.05, 0.1) is 6.34 Å². The molecule has 1 aromatic heterocycles. The lowest BCUT2D eigenvalue weighted by atomic mass is 10.1. The molecule has 2 aromatic rings. The number of carbonyl (C=O) groups is 1. The van der Waals surface area contributed by atoms with E-state index in [9.17, 15) is 4.79 Å². The second kappa shape index (κ2) is 11.7. The fourth-order valence-electron chi connectivity index (χ4n) is 3.07. The maximum atomic E-state index is 11.5. The van der Waals surface area contributed by atoms with Gasteiger partial charge in [0.25, 0.3) is 5.91 Å². The van der Waals surface area contributed by atoms with Gasteiger partial charge in [0.1, 0.15) is 18.1 Å². The average Bonchev–Trinajstić information content (AvgIpc) is 3.41. The van der Waals surface area contributed by atoms with Crippen molar-refractivity contribution in [2.75, 3.05) is 32.0 Å². The van der Waals surface area contributed by atoms with Gasteiger partial charge in [-0.3, -0.25) is 14.8 Å². The van der Waals surface area contributed by atoms with E-state index < -0.39 is 5.91 Å². The molecule has 0 aliphatic carbocycles. The molecule has 0 saturated carbocycles. The Kier molecular flexibility index (Phi) is 8.41. The molecule has 1 aliphatic heterocycles. The Bertz CT molecular complexity index is 1050. The standard InChI is InChI=1S/C20H27N9O3S/c21-12-25-4-1-5-26-19(23)29-9-13-2-3-15(8-14(13)10-29)31-6-7-32-28-17(18(22)30)16-11-33-20(24)27-16/h2-3,8,11-12H,1,4-7,9-10H2,(H2,21,25)(H2,22,30)(H2,23,26)(H2,24,27)/b28-17-. The molecule has 2 heterocycles. The first-order chi connectivity index (χ1) is 16.0. The van der Waals surface area contributed by atoms with Gasteiger partial charge in [0.2, 0.25) is 0 Å². The Hall–Kier alpha value is -3.87. The van der Waals surface area contributed by atoms with E-state index >= 15 is 0 Å². The third-order valence-electron chi connectivity index (χ3n) is 4.65. The van der Waals surface area contributed by atoms with Crippen molar-refractivity contribution in [3.63, 3.8) is 0 Å². The molecular formula is C20H27N9O3S. The maximum Gasteiger partial charge on any atom is 0.273 e. The summed E-state index contributed by atoms with van der Waals surface area (Å²) in [5.74, 6) is 0.445. The van der Waals surface area contributed by atoms with Crippen molar-refractivity contribution in [3.05, 3.63) is 40.4 Å². The van der Waals surface area contributed by atoms with Gasteiger partial charge in [-0.05, 0) is 29.7 Å². The first-order valence-electron chi connectivity index (χ1n) is 10.2. The number of primary amides is 1. The monoisotopic (exact) mass is 473 g/mol. The summed E-state index contributed by atoms with van der Waals surface area (Å²) >= 11 is 1.18. The zero-order chi connectivity index (χ0) is 23.6. The van der Waals surface area contributed by atoms with Crippen molar-refractivity contribution in [2.24, 2.45) is 32.3 Å². The van der Waals surface area contributed by atoms with Crippen LogP contribution in [0.15, 0.2) is 38.7 Å². The second-order valence-electron chi connectivity index (χ2n) is 6.99. The molecule has 33 heavy (non-hydrogen) atoms. The van der Waals surface area contributed by atoms with Crippen LogP contribution in [0.2, 0.25) is 0 Å². The van der Waals surface area contributed by atoms with Crippen molar-refractivity contribution >= 4 is 40.4 Å². The van der Waals surface area contributed by atoms with Crippen LogP contribution in [0.1, 0.15) is 23.2 Å². The molecule has 0 bridgehead atoms. The van der Waals surface area contributed by atoms with Gasteiger partial charge < -0.3 is 37.4 Å². The number of guanidine groups is 1. The topological polar surface area (TPSA) is 193 Å². The van der Waals surface area contributed by atoms with Gasteiger partial charge in [-0.15, -0.1) is 11.3 Å². The molecular weight excluding hydrogens is 446 g/mol. The lowest BCUT2D eigenvalue weighted by Gasteiger charge is -2.16. The lowest BCUT2D eigenvalue weighted by Crippen LogP contribution is -2.33. The number of thiazole rings is 1. The zero-order valence-electron chi connectivity index (χ0n) is 18.0. The van der Waals surface area contributed by atoms with Crippen molar-refractivity contribution in [1.82, 2.24) is 9.88 Å². The van der Waals surface area contributed by atoms with Gasteiger partial charge in [-0.25, -0.2) is 4.98 Å². The summed E-state index contributed by atoms with van der Waals surface area (Å²) in [7, 11) is 0. The van der Waals surface area contributed by atoms with E-state index in [4.69, 9.17) is 32.5 Å². The van der Waals surface area contributed by atoms with E-state index in [1.54, 1.807) is 5.38 Å². The Morgan fingerprint density at radius 3 is 2.76 bits per heavy atom. The van der Waals surface area contributed by atoms with Crippen molar-refractivity contribution in [3.8, 4) is 5.75 Å². The van der Waals surface area contributed by atoms with E-state index in [0.29, 0.717) is 43.0 Å². The van der Waals surface area contributed by atoms with E-state index in [1.807, 2.05) is 23.1 Å². The number of hydrogen-bond acceptors (Lipinski definition) is 9. The molecule has 0 atom stereocenters. The Morgan fingerprint density at radius 2 is 2.03 bits per heavy atom. The number of anilines is 1. The molecule has 0 fully saturated rings. The molecule has 3 rings (SSSR count). The minimum absolute atomic E-state index is 0.0908. The number of benzene rings is 1. The molecule has 176 valence electrons. The van der Waals surface area contributed by atoms with Crippen LogP contribution < -0.4 is 27.7 Å². The van der Waals surface area contributed by atoms with Crippen LogP contribution in [0.25, 0.3) is 0 Å². The molecule has 0 radical (unpaired) electrons. The van der Waals surface area contributed by atoms with Crippen molar-refractivity contribution < 1.29 is 14.4 Å². The summed E-state index contributed by atoms with van der Waals surface area (Å²) in [6.07, 6.45) is 2.08. The van der Waals surface area contributed by atoms with Crippen molar-refractivity contribution in [1.29, 1.82) is 0 Å². The highest BCUT2D eigenvalue weighted by Gasteiger charge is 2.21. The number of aliphatic imine (C=N–C) groups is 2. The van der Waals surface area contributed by atoms with Gasteiger partial charge in [0.15, 0.2) is 23.4 Å². The highest BCUT2D eigenvalue weighted by Crippen LogP contribution is 2.26. The van der Waals surface area contributed by atoms with Crippen LogP contribution in [0.4, 0.5) is 5.13 Å². The van der Waals surface area contributed by atoms with Crippen LogP contribution in [0.3, 0.4) is 0 Å². The number of nitrogen functional groups attached to an aromatic ring is 1.